The molecular formula is C7H5ClOS. The summed E-state index contributed by atoms with van der Waals surface area (Å²) in [5.74, 6) is 0. The summed E-state index contributed by atoms with van der Waals surface area (Å²) in [6, 6.07) is 1.80. The predicted octanol–water partition coefficient (Wildman–Crippen LogP) is 2.61. The van der Waals surface area contributed by atoms with E-state index < -0.39 is 0 Å². The standard InChI is InChI=1S/C7H5ClOS/c8-6-3-5-10-7(6)2-1-4-9/h1-5H. The third kappa shape index (κ3) is 1.69. The van der Waals surface area contributed by atoms with Crippen LogP contribution in [0.4, 0.5) is 0 Å². The zero-order valence-electron chi connectivity index (χ0n) is 5.08. The topological polar surface area (TPSA) is 17.1 Å². The second-order valence-corrected chi connectivity index (χ2v) is 2.98. The molecule has 0 aliphatic heterocycles. The Bertz CT molecular complexity index is 252. The molecule has 1 nitrogen and oxygen atoms in total. The first-order valence-corrected chi connectivity index (χ1v) is 3.95. The van der Waals surface area contributed by atoms with Crippen LogP contribution >= 0.6 is 22.9 Å². The van der Waals surface area contributed by atoms with E-state index in [0.29, 0.717) is 5.02 Å². The number of aldehydes is 1. The molecule has 0 saturated carbocycles. The summed E-state index contributed by atoms with van der Waals surface area (Å²) >= 11 is 7.23. The second-order valence-electron chi connectivity index (χ2n) is 1.63. The van der Waals surface area contributed by atoms with Crippen LogP contribution in [0.5, 0.6) is 0 Å². The maximum atomic E-state index is 9.89. The van der Waals surface area contributed by atoms with E-state index in [1.165, 1.54) is 17.4 Å². The van der Waals surface area contributed by atoms with Gasteiger partial charge in [-0.25, -0.2) is 0 Å². The normalized spacial score (nSPS) is 10.5. The molecular weight excluding hydrogens is 168 g/mol. The van der Waals surface area contributed by atoms with Crippen molar-refractivity contribution in [2.24, 2.45) is 0 Å². The number of hydrogen-bond donors (Lipinski definition) is 0. The summed E-state index contributed by atoms with van der Waals surface area (Å²) in [4.78, 5) is 10.8. The average molecular weight is 173 g/mol. The first kappa shape index (κ1) is 7.51. The van der Waals surface area contributed by atoms with Crippen LogP contribution in [0.2, 0.25) is 5.02 Å². The third-order valence-electron chi connectivity index (χ3n) is 0.971. The quantitative estimate of drug-likeness (QED) is 0.495. The molecule has 0 fully saturated rings. The van der Waals surface area contributed by atoms with Crippen molar-refractivity contribution < 1.29 is 4.79 Å². The van der Waals surface area contributed by atoms with Crippen molar-refractivity contribution in [1.29, 1.82) is 0 Å². The van der Waals surface area contributed by atoms with E-state index in [4.69, 9.17) is 11.6 Å². The number of thiophene rings is 1. The first-order chi connectivity index (χ1) is 4.84. The molecule has 0 aliphatic rings. The Labute approximate surface area is 67.9 Å². The predicted molar refractivity (Wildman–Crippen MR) is 44.4 cm³/mol. The molecule has 1 rings (SSSR count). The smallest absolute Gasteiger partial charge is 0.142 e. The highest BCUT2D eigenvalue weighted by Gasteiger charge is 1.94. The van der Waals surface area contributed by atoms with Crippen LogP contribution in [-0.2, 0) is 4.79 Å². The minimum atomic E-state index is 0.697. The summed E-state index contributed by atoms with van der Waals surface area (Å²) in [5.41, 5.74) is 0. The molecule has 0 amide bonds. The largest absolute Gasteiger partial charge is 0.299 e. The van der Waals surface area contributed by atoms with E-state index in [0.717, 1.165) is 11.2 Å². The van der Waals surface area contributed by atoms with Gasteiger partial charge >= 0.3 is 0 Å². The summed E-state index contributed by atoms with van der Waals surface area (Å²) in [5, 5.41) is 2.58. The monoisotopic (exact) mass is 172 g/mol. The molecule has 52 valence electrons. The average Bonchev–Trinajstić information content (AvgIpc) is 2.31. The van der Waals surface area contributed by atoms with Crippen molar-refractivity contribution >= 4 is 35.3 Å². The Hall–Kier alpha value is -0.600. The Morgan fingerprint density at radius 1 is 1.60 bits per heavy atom. The maximum absolute atomic E-state index is 9.89. The van der Waals surface area contributed by atoms with Crippen molar-refractivity contribution in [3.8, 4) is 0 Å². The zero-order chi connectivity index (χ0) is 7.40. The van der Waals surface area contributed by atoms with Gasteiger partial charge in [0.2, 0.25) is 0 Å². The summed E-state index contributed by atoms with van der Waals surface area (Å²) in [7, 11) is 0. The van der Waals surface area contributed by atoms with Crippen molar-refractivity contribution in [3.63, 3.8) is 0 Å². The second kappa shape index (κ2) is 3.54. The van der Waals surface area contributed by atoms with Crippen LogP contribution in [0, 0.1) is 0 Å². The van der Waals surface area contributed by atoms with E-state index in [-0.39, 0.29) is 0 Å². The van der Waals surface area contributed by atoms with Gasteiger partial charge in [0.25, 0.3) is 0 Å². The number of halogens is 1. The molecule has 0 atom stereocenters. The van der Waals surface area contributed by atoms with Crippen LogP contribution in [-0.4, -0.2) is 6.29 Å². The fraction of sp³-hybridized carbons (Fsp3) is 0. The van der Waals surface area contributed by atoms with Gasteiger partial charge in [0.05, 0.1) is 5.02 Å². The van der Waals surface area contributed by atoms with Gasteiger partial charge in [0.1, 0.15) is 6.29 Å². The van der Waals surface area contributed by atoms with Gasteiger partial charge in [-0.2, -0.15) is 0 Å². The molecule has 0 N–H and O–H groups in total. The number of carbonyl (C=O) groups is 1. The molecule has 1 heterocycles. The Morgan fingerprint density at radius 2 is 2.40 bits per heavy atom. The molecule has 0 bridgehead atoms. The molecule has 0 aromatic carbocycles. The van der Waals surface area contributed by atoms with Gasteiger partial charge < -0.3 is 0 Å². The van der Waals surface area contributed by atoms with E-state index in [9.17, 15) is 4.79 Å². The van der Waals surface area contributed by atoms with Gasteiger partial charge in [-0.1, -0.05) is 11.6 Å². The van der Waals surface area contributed by atoms with Crippen molar-refractivity contribution in [2.75, 3.05) is 0 Å². The van der Waals surface area contributed by atoms with Crippen LogP contribution < -0.4 is 0 Å². The van der Waals surface area contributed by atoms with Crippen LogP contribution in [0.15, 0.2) is 17.5 Å². The van der Waals surface area contributed by atoms with Gasteiger partial charge in [-0.15, -0.1) is 11.3 Å². The Kier molecular flexibility index (Phi) is 2.66. The summed E-state index contributed by atoms with van der Waals surface area (Å²) in [6.45, 7) is 0. The number of hydrogen-bond acceptors (Lipinski definition) is 2. The highest BCUT2D eigenvalue weighted by atomic mass is 35.5. The minimum Gasteiger partial charge on any atom is -0.299 e. The fourth-order valence-corrected chi connectivity index (χ4v) is 1.57. The lowest BCUT2D eigenvalue weighted by Gasteiger charge is -1.82. The minimum absolute atomic E-state index is 0.697. The lowest BCUT2D eigenvalue weighted by Crippen LogP contribution is -1.61. The molecule has 0 aliphatic carbocycles. The van der Waals surface area contributed by atoms with Crippen molar-refractivity contribution in [2.45, 2.75) is 0 Å². The first-order valence-electron chi connectivity index (χ1n) is 2.69. The third-order valence-corrected chi connectivity index (χ3v) is 2.29. The molecule has 0 radical (unpaired) electrons. The molecule has 1 aromatic rings. The maximum Gasteiger partial charge on any atom is 0.142 e. The molecule has 3 heteroatoms. The molecule has 10 heavy (non-hydrogen) atoms. The van der Waals surface area contributed by atoms with Gasteiger partial charge in [-0.3, -0.25) is 4.79 Å². The van der Waals surface area contributed by atoms with Crippen LogP contribution in [0.1, 0.15) is 4.88 Å². The fourth-order valence-electron chi connectivity index (χ4n) is 0.551. The zero-order valence-corrected chi connectivity index (χ0v) is 6.65. The van der Waals surface area contributed by atoms with Crippen LogP contribution in [0.25, 0.3) is 6.08 Å². The molecule has 0 unspecified atom stereocenters. The van der Waals surface area contributed by atoms with Crippen molar-refractivity contribution in [1.82, 2.24) is 0 Å². The van der Waals surface area contributed by atoms with E-state index in [1.807, 2.05) is 5.38 Å². The lowest BCUT2D eigenvalue weighted by atomic mass is 10.4. The highest BCUT2D eigenvalue weighted by Crippen LogP contribution is 2.22. The lowest BCUT2D eigenvalue weighted by molar-refractivity contribution is -0.104. The van der Waals surface area contributed by atoms with Crippen LogP contribution in [0.3, 0.4) is 0 Å². The Balaban J connectivity index is 2.83. The number of allylic oxidation sites excluding steroid dienone is 1. The Morgan fingerprint density at radius 3 is 2.90 bits per heavy atom. The van der Waals surface area contributed by atoms with Gasteiger partial charge in [0, 0.05) is 4.88 Å². The van der Waals surface area contributed by atoms with E-state index >= 15 is 0 Å². The molecule has 1 aromatic heterocycles. The SMILES string of the molecule is O=CC=Cc1sccc1Cl. The van der Waals surface area contributed by atoms with Gasteiger partial charge in [0.15, 0.2) is 0 Å². The summed E-state index contributed by atoms with van der Waals surface area (Å²) in [6.07, 6.45) is 3.85. The highest BCUT2D eigenvalue weighted by molar-refractivity contribution is 7.11. The van der Waals surface area contributed by atoms with E-state index in [2.05, 4.69) is 0 Å². The number of carbonyl (C=O) groups excluding carboxylic acids is 1. The van der Waals surface area contributed by atoms with Gasteiger partial charge in [-0.05, 0) is 23.6 Å². The van der Waals surface area contributed by atoms with Crippen molar-refractivity contribution in [3.05, 3.63) is 27.4 Å². The summed E-state index contributed by atoms with van der Waals surface area (Å²) < 4.78 is 0. The molecule has 0 spiro atoms. The van der Waals surface area contributed by atoms with E-state index in [1.54, 1.807) is 12.1 Å². The number of rotatable bonds is 2. The molecule has 0 saturated heterocycles.